The average Bonchev–Trinajstić information content (AvgIpc) is 3.60. The third kappa shape index (κ3) is 7.13. The molecule has 3 aromatic heterocycles. The van der Waals surface area contributed by atoms with Gasteiger partial charge in [-0.3, -0.25) is 19.6 Å². The highest BCUT2D eigenvalue weighted by atomic mass is 19.1. The van der Waals surface area contributed by atoms with Gasteiger partial charge in [-0.1, -0.05) is 0 Å². The molecule has 0 bridgehead atoms. The van der Waals surface area contributed by atoms with Crippen LogP contribution >= 0.6 is 0 Å². The van der Waals surface area contributed by atoms with Crippen molar-refractivity contribution < 1.29 is 33.0 Å². The van der Waals surface area contributed by atoms with Crippen LogP contribution in [0.3, 0.4) is 0 Å². The van der Waals surface area contributed by atoms with Crippen LogP contribution < -0.4 is 10.6 Å². The Balaban J connectivity index is 1.33. The summed E-state index contributed by atoms with van der Waals surface area (Å²) in [5.41, 5.74) is 1.84. The van der Waals surface area contributed by atoms with E-state index in [4.69, 9.17) is 14.2 Å². The zero-order valence-corrected chi connectivity index (χ0v) is 26.4. The Morgan fingerprint density at radius 3 is 2.59 bits per heavy atom. The van der Waals surface area contributed by atoms with E-state index in [2.05, 4.69) is 15.7 Å². The van der Waals surface area contributed by atoms with E-state index in [-0.39, 0.29) is 41.2 Å². The summed E-state index contributed by atoms with van der Waals surface area (Å²) in [7, 11) is 0. The summed E-state index contributed by atoms with van der Waals surface area (Å²) < 4.78 is 36.6. The van der Waals surface area contributed by atoms with Gasteiger partial charge in [0.2, 0.25) is 0 Å². The van der Waals surface area contributed by atoms with Gasteiger partial charge in [0, 0.05) is 42.7 Å². The van der Waals surface area contributed by atoms with E-state index in [0.717, 1.165) is 32.1 Å². The summed E-state index contributed by atoms with van der Waals surface area (Å²) in [5, 5.41) is 9.81. The number of nitrogens with zero attached hydrogens (tertiary/aromatic N) is 3. The van der Waals surface area contributed by atoms with Crippen LogP contribution in [0.4, 0.5) is 20.6 Å². The van der Waals surface area contributed by atoms with Crippen LogP contribution in [0.2, 0.25) is 0 Å². The van der Waals surface area contributed by atoms with Crippen LogP contribution in [-0.2, 0) is 20.8 Å². The minimum atomic E-state index is -0.710. The SMILES string of the molecule is CC(=O)c1cc(C(=O)Nc2cc(COC3CCCCO3)cc(-c3cnn(C4CC4)c3)c2F)c2cc(NC(=O)OC(C)(C)C)ccn12. The first-order valence-corrected chi connectivity index (χ1v) is 15.5. The number of hydrogen-bond donors (Lipinski definition) is 2. The number of ether oxygens (including phenoxy) is 3. The van der Waals surface area contributed by atoms with Crippen molar-refractivity contribution in [1.29, 1.82) is 0 Å². The fourth-order valence-electron chi connectivity index (χ4n) is 5.46. The molecule has 242 valence electrons. The van der Waals surface area contributed by atoms with E-state index < -0.39 is 23.4 Å². The number of benzene rings is 1. The minimum absolute atomic E-state index is 0.0448. The van der Waals surface area contributed by atoms with Gasteiger partial charge in [-0.05, 0) is 88.8 Å². The molecule has 1 aliphatic carbocycles. The third-order valence-corrected chi connectivity index (χ3v) is 7.81. The first kappa shape index (κ1) is 31.4. The summed E-state index contributed by atoms with van der Waals surface area (Å²) in [6, 6.07) is 8.18. The van der Waals surface area contributed by atoms with Gasteiger partial charge >= 0.3 is 6.09 Å². The van der Waals surface area contributed by atoms with E-state index in [9.17, 15) is 14.4 Å². The maximum atomic E-state index is 16.2. The predicted molar refractivity (Wildman–Crippen MR) is 169 cm³/mol. The summed E-state index contributed by atoms with van der Waals surface area (Å²) >= 11 is 0. The van der Waals surface area contributed by atoms with E-state index >= 15 is 4.39 Å². The topological polar surface area (TPSA) is 125 Å². The molecule has 46 heavy (non-hydrogen) atoms. The van der Waals surface area contributed by atoms with E-state index in [1.807, 2.05) is 10.9 Å². The Morgan fingerprint density at radius 2 is 1.89 bits per heavy atom. The molecule has 4 aromatic rings. The molecule has 2 N–H and O–H groups in total. The van der Waals surface area contributed by atoms with Gasteiger partial charge in [-0.15, -0.1) is 0 Å². The van der Waals surface area contributed by atoms with Crippen LogP contribution in [0.5, 0.6) is 0 Å². The number of carbonyl (C=O) groups excluding carboxylic acids is 3. The summed E-state index contributed by atoms with van der Waals surface area (Å²) in [6.45, 7) is 7.42. The van der Waals surface area contributed by atoms with E-state index in [0.29, 0.717) is 35.0 Å². The molecule has 1 saturated heterocycles. The van der Waals surface area contributed by atoms with Crippen LogP contribution in [-0.4, -0.2) is 50.5 Å². The van der Waals surface area contributed by atoms with Gasteiger partial charge in [0.15, 0.2) is 17.9 Å². The molecule has 2 fully saturated rings. The molecule has 0 radical (unpaired) electrons. The van der Waals surface area contributed by atoms with Crippen LogP contribution in [0.25, 0.3) is 16.6 Å². The number of nitrogens with one attached hydrogen (secondary N) is 2. The Hall–Kier alpha value is -4.55. The number of pyridine rings is 1. The minimum Gasteiger partial charge on any atom is -0.444 e. The average molecular weight is 632 g/mol. The molecule has 2 amide bonds. The fourth-order valence-corrected chi connectivity index (χ4v) is 5.46. The predicted octanol–water partition coefficient (Wildman–Crippen LogP) is 7.12. The Morgan fingerprint density at radius 1 is 1.09 bits per heavy atom. The normalized spacial score (nSPS) is 16.8. The van der Waals surface area contributed by atoms with Gasteiger partial charge < -0.3 is 23.9 Å². The molecule has 12 heteroatoms. The van der Waals surface area contributed by atoms with Gasteiger partial charge in [0.1, 0.15) is 5.60 Å². The Labute approximate surface area is 266 Å². The number of aromatic nitrogens is 3. The molecule has 11 nitrogen and oxygen atoms in total. The highest BCUT2D eigenvalue weighted by Gasteiger charge is 2.26. The second kappa shape index (κ2) is 12.7. The van der Waals surface area contributed by atoms with Crippen LogP contribution in [0.15, 0.2) is 48.9 Å². The number of ketones is 1. The Bertz CT molecular complexity index is 1800. The number of carbonyl (C=O) groups is 3. The number of Topliss-reactive ketones (excluding diaryl/α,β-unsaturated/α-hetero) is 1. The highest BCUT2D eigenvalue weighted by molar-refractivity contribution is 6.12. The number of anilines is 2. The number of rotatable bonds is 9. The lowest BCUT2D eigenvalue weighted by molar-refractivity contribution is -0.168. The summed E-state index contributed by atoms with van der Waals surface area (Å²) in [5.74, 6) is -1.53. The van der Waals surface area contributed by atoms with Gasteiger partial charge in [-0.25, -0.2) is 9.18 Å². The highest BCUT2D eigenvalue weighted by Crippen LogP contribution is 2.37. The monoisotopic (exact) mass is 631 g/mol. The van der Waals surface area contributed by atoms with Crippen molar-refractivity contribution in [2.24, 2.45) is 0 Å². The zero-order chi connectivity index (χ0) is 32.6. The number of hydrogen-bond acceptors (Lipinski definition) is 7. The molecule has 1 aromatic carbocycles. The van der Waals surface area contributed by atoms with E-state index in [1.165, 1.54) is 13.0 Å². The molecule has 2 aliphatic rings. The van der Waals surface area contributed by atoms with Gasteiger partial charge in [-0.2, -0.15) is 5.10 Å². The molecule has 1 atom stereocenters. The maximum absolute atomic E-state index is 16.2. The molecule has 1 unspecified atom stereocenters. The van der Waals surface area contributed by atoms with Crippen molar-refractivity contribution in [1.82, 2.24) is 14.2 Å². The first-order valence-electron chi connectivity index (χ1n) is 15.5. The molecule has 0 spiro atoms. The molecular formula is C34H38FN5O6. The third-order valence-electron chi connectivity index (χ3n) is 7.81. The van der Waals surface area contributed by atoms with Crippen LogP contribution in [0, 0.1) is 5.82 Å². The Kier molecular flexibility index (Phi) is 8.67. The van der Waals surface area contributed by atoms with E-state index in [1.54, 1.807) is 61.8 Å². The lowest BCUT2D eigenvalue weighted by atomic mass is 10.0. The van der Waals surface area contributed by atoms with Gasteiger partial charge in [0.05, 0.1) is 41.3 Å². The van der Waals surface area contributed by atoms with Crippen LogP contribution in [0.1, 0.15) is 92.3 Å². The molecule has 1 aliphatic heterocycles. The smallest absolute Gasteiger partial charge is 0.412 e. The maximum Gasteiger partial charge on any atom is 0.412 e. The molecule has 6 rings (SSSR count). The first-order chi connectivity index (χ1) is 21.9. The number of fused-ring (bicyclic) bond motifs is 1. The van der Waals surface area contributed by atoms with Crippen molar-refractivity contribution in [2.75, 3.05) is 17.2 Å². The van der Waals surface area contributed by atoms with Crippen molar-refractivity contribution in [3.63, 3.8) is 0 Å². The van der Waals surface area contributed by atoms with Crippen molar-refractivity contribution in [3.05, 3.63) is 71.6 Å². The van der Waals surface area contributed by atoms with Crippen molar-refractivity contribution in [2.45, 2.75) is 84.3 Å². The lowest BCUT2D eigenvalue weighted by Gasteiger charge is -2.23. The standard InChI is InChI=1S/C34H38FN5O6/c1-20(41)28-16-26(29-15-23(10-11-39(28)29)37-33(43)46-34(2,3)4)32(42)38-27-14-21(19-45-30-7-5-6-12-44-30)13-25(31(27)35)22-17-36-40(18-22)24-8-9-24/h10-11,13-18,24,30H,5-9,12,19H2,1-4H3,(H,37,43)(H,38,42). The summed E-state index contributed by atoms with van der Waals surface area (Å²) in [6.07, 6.45) is 8.83. The zero-order valence-electron chi connectivity index (χ0n) is 26.4. The van der Waals surface area contributed by atoms with Gasteiger partial charge in [0.25, 0.3) is 5.91 Å². The van der Waals surface area contributed by atoms with Crippen molar-refractivity contribution in [3.8, 4) is 11.1 Å². The fraction of sp³-hybridized carbons (Fsp3) is 0.412. The molecule has 1 saturated carbocycles. The second-order valence-electron chi connectivity index (χ2n) is 12.8. The largest absolute Gasteiger partial charge is 0.444 e. The number of halogens is 1. The van der Waals surface area contributed by atoms with Crippen molar-refractivity contribution >= 4 is 34.7 Å². The quantitative estimate of drug-likeness (QED) is 0.188. The molecular weight excluding hydrogens is 593 g/mol. The second-order valence-corrected chi connectivity index (χ2v) is 12.8. The summed E-state index contributed by atoms with van der Waals surface area (Å²) in [4.78, 5) is 38.7. The molecule has 4 heterocycles. The lowest BCUT2D eigenvalue weighted by Crippen LogP contribution is -2.27. The number of amides is 2.